The molecule has 3 aromatic rings. The number of nitrogens with two attached hydrogens (primary N) is 1. The van der Waals surface area contributed by atoms with E-state index < -0.39 is 24.5 Å². The van der Waals surface area contributed by atoms with Gasteiger partial charge in [-0.05, 0) is 42.6 Å². The van der Waals surface area contributed by atoms with Crippen LogP contribution < -0.4 is 5.73 Å². The second-order valence-corrected chi connectivity index (χ2v) is 10.8. The van der Waals surface area contributed by atoms with Crippen LogP contribution in [0.4, 0.5) is 5.69 Å². The molecule has 9 heteroatoms. The van der Waals surface area contributed by atoms with Crippen LogP contribution >= 0.6 is 0 Å². The fraction of sp³-hybridized carbons (Fsp3) is 0.519. The fourth-order valence-corrected chi connectivity index (χ4v) is 4.63. The third-order valence-electron chi connectivity index (χ3n) is 6.81. The van der Waals surface area contributed by atoms with Crippen molar-refractivity contribution in [1.29, 1.82) is 0 Å². The summed E-state index contributed by atoms with van der Waals surface area (Å²) in [6.07, 6.45) is 1.12. The lowest BCUT2D eigenvalue weighted by Crippen LogP contribution is -2.39. The first kappa shape index (κ1) is 26.2. The van der Waals surface area contributed by atoms with Gasteiger partial charge >= 0.3 is 0 Å². The van der Waals surface area contributed by atoms with Crippen molar-refractivity contribution in [2.24, 2.45) is 0 Å². The molecule has 3 heterocycles. The zero-order valence-electron chi connectivity index (χ0n) is 21.5. The van der Waals surface area contributed by atoms with E-state index in [0.717, 1.165) is 5.56 Å². The highest BCUT2D eigenvalue weighted by molar-refractivity contribution is 5.83. The minimum absolute atomic E-state index is 0.0945. The van der Waals surface area contributed by atoms with E-state index in [1.165, 1.54) is 11.9 Å². The molecule has 0 aliphatic carbocycles. The van der Waals surface area contributed by atoms with Crippen LogP contribution in [0.15, 0.2) is 42.9 Å². The summed E-state index contributed by atoms with van der Waals surface area (Å²) in [6, 6.07) is 9.94. The number of likely N-dealkylation sites (N-methyl/N-ethyl adjacent to an activating group) is 1. The van der Waals surface area contributed by atoms with Crippen LogP contribution in [0, 0.1) is 0 Å². The molecule has 1 aromatic carbocycles. The number of aliphatic hydroxyl groups is 2. The Morgan fingerprint density at radius 1 is 1.14 bits per heavy atom. The number of ketones is 1. The monoisotopic (exact) mass is 495 g/mol. The van der Waals surface area contributed by atoms with E-state index in [2.05, 4.69) is 42.9 Å². The lowest BCUT2D eigenvalue weighted by molar-refractivity contribution is -0.118. The van der Waals surface area contributed by atoms with Gasteiger partial charge in [0.15, 0.2) is 11.9 Å². The van der Waals surface area contributed by atoms with Gasteiger partial charge < -0.3 is 25.6 Å². The van der Waals surface area contributed by atoms with E-state index in [1.807, 2.05) is 24.1 Å². The molecule has 1 saturated heterocycles. The molecule has 4 N–H and O–H groups in total. The number of nitrogens with zero attached hydrogens (tertiary/aromatic N) is 4. The zero-order valence-corrected chi connectivity index (χ0v) is 21.5. The molecule has 1 aliphatic rings. The average molecular weight is 496 g/mol. The molecule has 194 valence electrons. The van der Waals surface area contributed by atoms with E-state index in [9.17, 15) is 15.0 Å². The largest absolute Gasteiger partial charge is 0.397 e. The van der Waals surface area contributed by atoms with Crippen molar-refractivity contribution in [3.63, 3.8) is 0 Å². The van der Waals surface area contributed by atoms with Crippen molar-refractivity contribution in [2.75, 3.05) is 25.9 Å². The van der Waals surface area contributed by atoms with Crippen molar-refractivity contribution >= 4 is 22.6 Å². The molecule has 4 atom stereocenters. The normalized spacial score (nSPS) is 22.5. The Morgan fingerprint density at radius 3 is 2.56 bits per heavy atom. The van der Waals surface area contributed by atoms with Crippen molar-refractivity contribution in [3.8, 4) is 0 Å². The molecule has 4 rings (SSSR count). The summed E-state index contributed by atoms with van der Waals surface area (Å²) in [4.78, 5) is 23.1. The van der Waals surface area contributed by atoms with Crippen LogP contribution in [0.3, 0.4) is 0 Å². The summed E-state index contributed by atoms with van der Waals surface area (Å²) >= 11 is 0. The van der Waals surface area contributed by atoms with Crippen molar-refractivity contribution in [3.05, 3.63) is 54.0 Å². The van der Waals surface area contributed by atoms with Gasteiger partial charge in [0.25, 0.3) is 0 Å². The van der Waals surface area contributed by atoms with Crippen molar-refractivity contribution in [2.45, 2.75) is 70.0 Å². The molecule has 0 radical (unpaired) electrons. The standard InChI is InChI=1S/C27H37N5O4/c1-27(2,3)18-9-7-17(8-10-18)14-19(33)6-5-13-31(4)15-21-23(34)24(35)26(36-21)32-16-30-22-20(28)11-12-29-25(22)32/h7-12,16,21,23-24,26,34-35H,5-6,13-15H2,1-4H3,(H2,28,29)/t21-,23-,24-,26-/m1/s1. The fourth-order valence-electron chi connectivity index (χ4n) is 4.63. The lowest BCUT2D eigenvalue weighted by Gasteiger charge is -2.22. The minimum Gasteiger partial charge on any atom is -0.397 e. The number of aromatic nitrogens is 3. The Labute approximate surface area is 211 Å². The summed E-state index contributed by atoms with van der Waals surface area (Å²) in [6.45, 7) is 7.61. The molecule has 0 saturated carbocycles. The molecule has 9 nitrogen and oxygen atoms in total. The summed E-state index contributed by atoms with van der Waals surface area (Å²) in [7, 11) is 1.92. The van der Waals surface area contributed by atoms with Gasteiger partial charge in [0.1, 0.15) is 29.6 Å². The smallest absolute Gasteiger partial charge is 0.165 e. The number of nitrogen functional groups attached to an aromatic ring is 1. The highest BCUT2D eigenvalue weighted by Gasteiger charge is 2.44. The molecule has 0 spiro atoms. The summed E-state index contributed by atoms with van der Waals surface area (Å²) in [5.74, 6) is 0.207. The van der Waals surface area contributed by atoms with E-state index in [1.54, 1.807) is 16.8 Å². The second kappa shape index (κ2) is 10.6. The van der Waals surface area contributed by atoms with Crippen LogP contribution in [0.5, 0.6) is 0 Å². The Hall–Kier alpha value is -2.85. The third-order valence-corrected chi connectivity index (χ3v) is 6.81. The highest BCUT2D eigenvalue weighted by Crippen LogP contribution is 2.32. The first-order valence-electron chi connectivity index (χ1n) is 12.4. The number of anilines is 1. The van der Waals surface area contributed by atoms with Gasteiger partial charge in [0.2, 0.25) is 0 Å². The van der Waals surface area contributed by atoms with E-state index in [-0.39, 0.29) is 11.2 Å². The number of pyridine rings is 1. The number of carbonyl (C=O) groups excluding carboxylic acids is 1. The SMILES string of the molecule is CN(CCCC(=O)Cc1ccc(C(C)(C)C)cc1)C[C@H]1O[C@@H](n2cnc3c(N)ccnc32)[C@H](O)[C@@H]1O. The zero-order chi connectivity index (χ0) is 26.0. The van der Waals surface area contributed by atoms with Crippen LogP contribution in [0.1, 0.15) is 51.0 Å². The summed E-state index contributed by atoms with van der Waals surface area (Å²) in [5, 5.41) is 21.3. The summed E-state index contributed by atoms with van der Waals surface area (Å²) in [5.41, 5.74) is 9.84. The van der Waals surface area contributed by atoms with Crippen molar-refractivity contribution in [1.82, 2.24) is 19.4 Å². The number of hydrogen-bond acceptors (Lipinski definition) is 8. The van der Waals surface area contributed by atoms with Crippen LogP contribution in [0.25, 0.3) is 11.2 Å². The topological polar surface area (TPSA) is 127 Å². The number of imidazole rings is 1. The van der Waals surface area contributed by atoms with Crippen LogP contribution in [-0.2, 0) is 21.4 Å². The molecular weight excluding hydrogens is 458 g/mol. The minimum atomic E-state index is -1.13. The highest BCUT2D eigenvalue weighted by atomic mass is 16.6. The molecule has 0 amide bonds. The molecular formula is C27H37N5O4. The predicted molar refractivity (Wildman–Crippen MR) is 138 cm³/mol. The maximum Gasteiger partial charge on any atom is 0.165 e. The van der Waals surface area contributed by atoms with E-state index in [4.69, 9.17) is 10.5 Å². The quantitative estimate of drug-likeness (QED) is 0.413. The van der Waals surface area contributed by atoms with Gasteiger partial charge in [0, 0.05) is 25.6 Å². The number of fused-ring (bicyclic) bond motifs is 1. The van der Waals surface area contributed by atoms with E-state index in [0.29, 0.717) is 49.2 Å². The van der Waals surface area contributed by atoms with Crippen molar-refractivity contribution < 1.29 is 19.7 Å². The number of hydrogen-bond donors (Lipinski definition) is 3. The molecule has 36 heavy (non-hydrogen) atoms. The number of benzene rings is 1. The first-order chi connectivity index (χ1) is 17.0. The van der Waals surface area contributed by atoms with E-state index >= 15 is 0 Å². The van der Waals surface area contributed by atoms with Gasteiger partial charge in [-0.3, -0.25) is 9.36 Å². The number of carbonyl (C=O) groups is 1. The van der Waals surface area contributed by atoms with Crippen LogP contribution in [-0.4, -0.2) is 73.9 Å². The van der Waals surface area contributed by atoms with Gasteiger partial charge in [0.05, 0.1) is 12.0 Å². The Morgan fingerprint density at radius 2 is 1.86 bits per heavy atom. The number of ether oxygens (including phenoxy) is 1. The first-order valence-corrected chi connectivity index (χ1v) is 12.4. The molecule has 1 fully saturated rings. The molecule has 2 aromatic heterocycles. The maximum absolute atomic E-state index is 12.5. The average Bonchev–Trinajstić information content (AvgIpc) is 3.36. The number of aliphatic hydroxyl groups excluding tert-OH is 2. The summed E-state index contributed by atoms with van der Waals surface area (Å²) < 4.78 is 7.63. The Kier molecular flexibility index (Phi) is 7.75. The van der Waals surface area contributed by atoms with Gasteiger partial charge in [-0.25, -0.2) is 9.97 Å². The number of Topliss-reactive ketones (excluding diaryl/α,β-unsaturated/α-hetero) is 1. The Balaban J connectivity index is 1.25. The Bertz CT molecular complexity index is 1190. The van der Waals surface area contributed by atoms with Gasteiger partial charge in [-0.2, -0.15) is 0 Å². The lowest BCUT2D eigenvalue weighted by atomic mass is 9.86. The van der Waals surface area contributed by atoms with Gasteiger partial charge in [-0.1, -0.05) is 45.0 Å². The molecule has 0 unspecified atom stereocenters. The van der Waals surface area contributed by atoms with Gasteiger partial charge in [-0.15, -0.1) is 0 Å². The molecule has 0 bridgehead atoms. The second-order valence-electron chi connectivity index (χ2n) is 10.8. The maximum atomic E-state index is 12.5. The molecule has 1 aliphatic heterocycles. The third kappa shape index (κ3) is 5.75. The predicted octanol–water partition coefficient (Wildman–Crippen LogP) is 2.45. The number of rotatable bonds is 9. The van der Waals surface area contributed by atoms with Crippen LogP contribution in [0.2, 0.25) is 0 Å².